The topological polar surface area (TPSA) is 35.6 Å². The van der Waals surface area contributed by atoms with Crippen molar-refractivity contribution < 1.29 is 4.79 Å². The van der Waals surface area contributed by atoms with Crippen LogP contribution in [0.2, 0.25) is 0 Å². The number of amides is 1. The average molecular weight is 552 g/mol. The molecule has 3 rings (SSSR count). The summed E-state index contributed by atoms with van der Waals surface area (Å²) in [5, 5.41) is 3.37. The molecule has 1 atom stereocenters. The van der Waals surface area contributed by atoms with Crippen LogP contribution in [-0.4, -0.2) is 48.8 Å². The highest BCUT2D eigenvalue weighted by Crippen LogP contribution is 2.32. The predicted octanol–water partition coefficient (Wildman–Crippen LogP) is 8.50. The molecule has 1 heterocycles. The molecule has 5 heteroatoms. The number of carbonyl (C=O) groups excluding carboxylic acids is 1. The summed E-state index contributed by atoms with van der Waals surface area (Å²) in [6, 6.07) is 17.2. The highest BCUT2D eigenvalue weighted by atomic mass is 32.1. The summed E-state index contributed by atoms with van der Waals surface area (Å²) in [6.07, 6.45) is 10.5. The molecule has 1 unspecified atom stereocenters. The van der Waals surface area contributed by atoms with E-state index in [2.05, 4.69) is 91.3 Å². The van der Waals surface area contributed by atoms with Gasteiger partial charge in [0.05, 0.1) is 0 Å². The van der Waals surface area contributed by atoms with Crippen LogP contribution < -0.4 is 10.2 Å². The zero-order chi connectivity index (χ0) is 28.0. The molecule has 1 N–H and O–H groups in total. The molecule has 2 aromatic carbocycles. The van der Waals surface area contributed by atoms with Gasteiger partial charge >= 0.3 is 0 Å². The Hall–Kier alpha value is -1.98. The lowest BCUT2D eigenvalue weighted by atomic mass is 9.92. The van der Waals surface area contributed by atoms with Gasteiger partial charge < -0.3 is 10.2 Å². The number of hydrogen-bond acceptors (Lipinski definition) is 4. The molecule has 1 saturated heterocycles. The Labute approximate surface area is 244 Å². The minimum atomic E-state index is 0.0893. The first-order valence-corrected chi connectivity index (χ1v) is 16.0. The van der Waals surface area contributed by atoms with Gasteiger partial charge in [0.15, 0.2) is 0 Å². The van der Waals surface area contributed by atoms with Crippen LogP contribution in [0.5, 0.6) is 0 Å². The number of thiol groups is 1. The summed E-state index contributed by atoms with van der Waals surface area (Å²) in [6.45, 7) is 14.6. The van der Waals surface area contributed by atoms with Crippen molar-refractivity contribution in [3.63, 3.8) is 0 Å². The molecule has 0 bridgehead atoms. The highest BCUT2D eigenvalue weighted by Gasteiger charge is 2.18. The van der Waals surface area contributed by atoms with E-state index in [9.17, 15) is 4.79 Å². The molecule has 1 aliphatic heterocycles. The normalized spacial score (nSPS) is 15.2. The van der Waals surface area contributed by atoms with Crippen molar-refractivity contribution in [2.24, 2.45) is 0 Å². The van der Waals surface area contributed by atoms with Gasteiger partial charge in [-0.25, -0.2) is 0 Å². The number of unbranched alkanes of at least 4 members (excludes halogenated alkanes) is 6. The number of para-hydroxylation sites is 2. The molecule has 0 spiro atoms. The van der Waals surface area contributed by atoms with Crippen molar-refractivity contribution in [2.45, 2.75) is 103 Å². The van der Waals surface area contributed by atoms with Crippen molar-refractivity contribution in [3.8, 4) is 0 Å². The van der Waals surface area contributed by atoms with E-state index < -0.39 is 0 Å². The molecule has 0 saturated carbocycles. The van der Waals surface area contributed by atoms with E-state index in [-0.39, 0.29) is 11.2 Å². The summed E-state index contributed by atoms with van der Waals surface area (Å²) in [5.74, 6) is 0.842. The fraction of sp³-hybridized carbons (Fsp3) is 0.618. The first-order chi connectivity index (χ1) is 18.8. The molecule has 39 heavy (non-hydrogen) atoms. The van der Waals surface area contributed by atoms with Crippen LogP contribution in [0.1, 0.15) is 108 Å². The van der Waals surface area contributed by atoms with Crippen LogP contribution in [-0.2, 0) is 4.79 Å². The lowest BCUT2D eigenvalue weighted by Gasteiger charge is -2.36. The third-order valence-electron chi connectivity index (χ3n) is 8.06. The molecule has 1 fully saturated rings. The van der Waals surface area contributed by atoms with Gasteiger partial charge in [-0.1, -0.05) is 103 Å². The van der Waals surface area contributed by atoms with Crippen molar-refractivity contribution >= 4 is 29.9 Å². The Bertz CT molecular complexity index is 943. The molecule has 4 nitrogen and oxygen atoms in total. The Balaban J connectivity index is 1.21. The Kier molecular flexibility index (Phi) is 13.7. The van der Waals surface area contributed by atoms with E-state index in [0.29, 0.717) is 18.3 Å². The molecule has 0 aromatic heterocycles. The van der Waals surface area contributed by atoms with Crippen molar-refractivity contribution in [1.82, 2.24) is 4.90 Å². The van der Waals surface area contributed by atoms with Gasteiger partial charge in [0.25, 0.3) is 0 Å². The molecule has 1 amide bonds. The Morgan fingerprint density at radius 1 is 0.769 bits per heavy atom. The number of carbonyl (C=O) groups is 1. The molecule has 0 aliphatic carbocycles. The summed E-state index contributed by atoms with van der Waals surface area (Å²) in [4.78, 5) is 18.0. The van der Waals surface area contributed by atoms with Crippen LogP contribution in [0.25, 0.3) is 0 Å². The second-order valence-electron chi connectivity index (χ2n) is 12.0. The van der Waals surface area contributed by atoms with Crippen LogP contribution in [0.3, 0.4) is 0 Å². The molecule has 1 aliphatic rings. The number of hydrogen-bond donors (Lipinski definition) is 2. The number of piperazine rings is 1. The fourth-order valence-corrected chi connectivity index (χ4v) is 6.02. The van der Waals surface area contributed by atoms with E-state index >= 15 is 0 Å². The van der Waals surface area contributed by atoms with Crippen molar-refractivity contribution in [3.05, 3.63) is 59.7 Å². The largest absolute Gasteiger partial charge is 0.369 e. The van der Waals surface area contributed by atoms with Crippen LogP contribution >= 0.6 is 12.6 Å². The van der Waals surface area contributed by atoms with Gasteiger partial charge in [-0.15, -0.1) is 0 Å². The number of nitrogens with zero attached hydrogens (tertiary/aromatic N) is 2. The third-order valence-corrected chi connectivity index (χ3v) is 8.50. The van der Waals surface area contributed by atoms with Gasteiger partial charge in [-0.3, -0.25) is 9.69 Å². The molecule has 2 aromatic rings. The summed E-state index contributed by atoms with van der Waals surface area (Å²) in [7, 11) is 0. The quantitative estimate of drug-likeness (QED) is 0.162. The van der Waals surface area contributed by atoms with E-state index in [4.69, 9.17) is 12.6 Å². The standard InChI is InChI=1S/C34H53N3OS/c1-27(2)31-19-15-20-32(28(3)4)34(31)35-33(38)26-30(39)18-13-8-6-5-7-9-14-21-36-22-24-37(25-23-36)29-16-11-10-12-17-29/h10-12,15-17,19-20,27-28,30,39H,5-9,13-14,18,21-26H2,1-4H3,(H,35,38). The third kappa shape index (κ3) is 10.8. The van der Waals surface area contributed by atoms with Gasteiger partial charge in [0.2, 0.25) is 5.91 Å². The zero-order valence-electron chi connectivity index (χ0n) is 25.0. The fourth-order valence-electron chi connectivity index (χ4n) is 5.67. The minimum absolute atomic E-state index is 0.0893. The second kappa shape index (κ2) is 17.0. The van der Waals surface area contributed by atoms with Gasteiger partial charge in [0, 0.05) is 49.2 Å². The summed E-state index contributed by atoms with van der Waals surface area (Å²) in [5.41, 5.74) is 4.81. The van der Waals surface area contributed by atoms with Gasteiger partial charge in [0.1, 0.15) is 0 Å². The zero-order valence-corrected chi connectivity index (χ0v) is 25.9. The second-order valence-corrected chi connectivity index (χ2v) is 12.7. The lowest BCUT2D eigenvalue weighted by molar-refractivity contribution is -0.116. The Morgan fingerprint density at radius 3 is 1.92 bits per heavy atom. The maximum Gasteiger partial charge on any atom is 0.225 e. The SMILES string of the molecule is CC(C)c1cccc(C(C)C)c1NC(=O)CC(S)CCCCCCCCCN1CCN(c2ccccc2)CC1. The van der Waals surface area contributed by atoms with E-state index in [1.54, 1.807) is 0 Å². The van der Waals surface area contributed by atoms with Crippen LogP contribution in [0.15, 0.2) is 48.5 Å². The van der Waals surface area contributed by atoms with E-state index in [1.807, 2.05) is 0 Å². The minimum Gasteiger partial charge on any atom is -0.369 e. The summed E-state index contributed by atoms with van der Waals surface area (Å²) >= 11 is 4.75. The molecule has 0 radical (unpaired) electrons. The predicted molar refractivity (Wildman–Crippen MR) is 173 cm³/mol. The lowest BCUT2D eigenvalue weighted by Crippen LogP contribution is -2.46. The highest BCUT2D eigenvalue weighted by molar-refractivity contribution is 7.81. The number of nitrogens with one attached hydrogen (secondary N) is 1. The Morgan fingerprint density at radius 2 is 1.33 bits per heavy atom. The van der Waals surface area contributed by atoms with Crippen LogP contribution in [0.4, 0.5) is 11.4 Å². The first-order valence-electron chi connectivity index (χ1n) is 15.5. The first kappa shape index (κ1) is 31.5. The molecular formula is C34H53N3OS. The van der Waals surface area contributed by atoms with Crippen molar-refractivity contribution in [1.29, 1.82) is 0 Å². The maximum atomic E-state index is 12.8. The number of rotatable bonds is 16. The van der Waals surface area contributed by atoms with E-state index in [1.165, 1.54) is 75.0 Å². The monoisotopic (exact) mass is 551 g/mol. The average Bonchev–Trinajstić information content (AvgIpc) is 2.92. The molecule has 216 valence electrons. The molecular weight excluding hydrogens is 498 g/mol. The van der Waals surface area contributed by atoms with E-state index in [0.717, 1.165) is 31.6 Å². The number of anilines is 2. The smallest absolute Gasteiger partial charge is 0.225 e. The number of benzene rings is 2. The van der Waals surface area contributed by atoms with Crippen LogP contribution in [0, 0.1) is 0 Å². The van der Waals surface area contributed by atoms with Gasteiger partial charge in [-0.05, 0) is 54.5 Å². The van der Waals surface area contributed by atoms with Crippen molar-refractivity contribution in [2.75, 3.05) is 42.9 Å². The maximum absolute atomic E-state index is 12.8. The van der Waals surface area contributed by atoms with Gasteiger partial charge in [-0.2, -0.15) is 12.6 Å². The summed E-state index contributed by atoms with van der Waals surface area (Å²) < 4.78 is 0.